The van der Waals surface area contributed by atoms with Crippen LogP contribution in [0.2, 0.25) is 5.02 Å². The summed E-state index contributed by atoms with van der Waals surface area (Å²) in [7, 11) is 0. The van der Waals surface area contributed by atoms with Crippen LogP contribution in [0.1, 0.15) is 44.2 Å². The summed E-state index contributed by atoms with van der Waals surface area (Å²) in [5.74, 6) is 0.774. The van der Waals surface area contributed by atoms with Crippen molar-refractivity contribution < 1.29 is 0 Å². The van der Waals surface area contributed by atoms with Gasteiger partial charge in [-0.3, -0.25) is 0 Å². The van der Waals surface area contributed by atoms with Crippen molar-refractivity contribution in [2.75, 3.05) is 0 Å². The first-order valence-corrected chi connectivity index (χ1v) is 6.18. The van der Waals surface area contributed by atoms with Crippen LogP contribution in [-0.4, -0.2) is 0 Å². The molecule has 2 atom stereocenters. The Hall–Kier alpha value is -0.490. The molecule has 1 aromatic carbocycles. The summed E-state index contributed by atoms with van der Waals surface area (Å²) in [4.78, 5) is 0. The molecular formula is C14H19Cl. The molecule has 0 nitrogen and oxygen atoms in total. The molecule has 0 bridgehead atoms. The highest BCUT2D eigenvalue weighted by atomic mass is 35.5. The van der Waals surface area contributed by atoms with Crippen LogP contribution in [0.25, 0.3) is 0 Å². The molecule has 2 rings (SSSR count). The maximum Gasteiger partial charge on any atom is 0.0438 e. The first kappa shape index (κ1) is 11.0. The van der Waals surface area contributed by atoms with E-state index in [1.165, 1.54) is 30.4 Å². The van der Waals surface area contributed by atoms with E-state index < -0.39 is 0 Å². The van der Waals surface area contributed by atoms with Gasteiger partial charge in [-0.2, -0.15) is 0 Å². The summed E-state index contributed by atoms with van der Waals surface area (Å²) >= 11 is 6.20. The van der Waals surface area contributed by atoms with E-state index in [1.54, 1.807) is 0 Å². The fourth-order valence-corrected chi connectivity index (χ4v) is 2.90. The van der Waals surface area contributed by atoms with Crippen LogP contribution in [0.3, 0.4) is 0 Å². The van der Waals surface area contributed by atoms with Crippen molar-refractivity contribution in [3.8, 4) is 0 Å². The van der Waals surface area contributed by atoms with E-state index in [2.05, 4.69) is 39.0 Å². The van der Waals surface area contributed by atoms with Gasteiger partial charge in [0.25, 0.3) is 0 Å². The Bertz CT molecular complexity index is 370. The first-order chi connectivity index (χ1) is 7.04. The molecule has 2 unspecified atom stereocenters. The summed E-state index contributed by atoms with van der Waals surface area (Å²) in [5, 5.41) is 0.910. The van der Waals surface area contributed by atoms with Gasteiger partial charge in [-0.1, -0.05) is 44.0 Å². The second kappa shape index (κ2) is 3.83. The molecule has 0 heterocycles. The molecule has 0 N–H and O–H groups in total. The normalized spacial score (nSPS) is 30.8. The monoisotopic (exact) mass is 222 g/mol. The van der Waals surface area contributed by atoms with Crippen LogP contribution in [0.15, 0.2) is 18.2 Å². The minimum absolute atomic E-state index is 0.345. The lowest BCUT2D eigenvalue weighted by Crippen LogP contribution is -2.24. The lowest BCUT2D eigenvalue weighted by atomic mass is 9.75. The van der Waals surface area contributed by atoms with Gasteiger partial charge in [0, 0.05) is 5.02 Å². The predicted molar refractivity (Wildman–Crippen MR) is 66.6 cm³/mol. The van der Waals surface area contributed by atoms with Crippen molar-refractivity contribution in [3.63, 3.8) is 0 Å². The van der Waals surface area contributed by atoms with Crippen LogP contribution in [0, 0.1) is 12.8 Å². The number of hydrogen-bond acceptors (Lipinski definition) is 0. The first-order valence-electron chi connectivity index (χ1n) is 5.80. The third-order valence-corrected chi connectivity index (χ3v) is 4.66. The number of hydrogen-bond donors (Lipinski definition) is 0. The Kier molecular flexibility index (Phi) is 2.81. The van der Waals surface area contributed by atoms with Gasteiger partial charge >= 0.3 is 0 Å². The molecule has 1 fully saturated rings. The molecule has 1 heteroatoms. The van der Waals surface area contributed by atoms with Crippen LogP contribution in [-0.2, 0) is 5.41 Å². The van der Waals surface area contributed by atoms with Crippen LogP contribution in [0.4, 0.5) is 0 Å². The van der Waals surface area contributed by atoms with Gasteiger partial charge in [0.15, 0.2) is 0 Å². The van der Waals surface area contributed by atoms with E-state index in [-0.39, 0.29) is 0 Å². The average molecular weight is 223 g/mol. The van der Waals surface area contributed by atoms with Crippen molar-refractivity contribution in [2.45, 2.75) is 45.4 Å². The summed E-state index contributed by atoms with van der Waals surface area (Å²) in [5.41, 5.74) is 2.94. The van der Waals surface area contributed by atoms with Gasteiger partial charge in [0.1, 0.15) is 0 Å². The fraction of sp³-hybridized carbons (Fsp3) is 0.571. The van der Waals surface area contributed by atoms with E-state index in [1.807, 2.05) is 0 Å². The summed E-state index contributed by atoms with van der Waals surface area (Å²) in [6.45, 7) is 6.80. The predicted octanol–water partition coefficient (Wildman–Crippen LogP) is 4.73. The highest BCUT2D eigenvalue weighted by molar-refractivity contribution is 6.31. The smallest absolute Gasteiger partial charge is 0.0438 e. The molecule has 1 aliphatic carbocycles. The molecule has 0 radical (unpaired) electrons. The lowest BCUT2D eigenvalue weighted by Gasteiger charge is -2.30. The minimum Gasteiger partial charge on any atom is -0.0840 e. The number of rotatable bonds is 1. The Morgan fingerprint density at radius 3 is 2.67 bits per heavy atom. The number of halogens is 1. The Balaban J connectivity index is 2.40. The highest BCUT2D eigenvalue weighted by Crippen LogP contribution is 2.45. The van der Waals surface area contributed by atoms with Gasteiger partial charge in [-0.15, -0.1) is 0 Å². The van der Waals surface area contributed by atoms with Gasteiger partial charge in [0.2, 0.25) is 0 Å². The van der Waals surface area contributed by atoms with Crippen molar-refractivity contribution in [1.29, 1.82) is 0 Å². The second-order valence-corrected chi connectivity index (χ2v) is 5.58. The van der Waals surface area contributed by atoms with Gasteiger partial charge in [0.05, 0.1) is 0 Å². The molecule has 0 saturated heterocycles. The fourth-order valence-electron chi connectivity index (χ4n) is 2.72. The molecule has 1 saturated carbocycles. The van der Waals surface area contributed by atoms with E-state index in [9.17, 15) is 0 Å². The molecule has 1 aliphatic rings. The van der Waals surface area contributed by atoms with Crippen molar-refractivity contribution in [1.82, 2.24) is 0 Å². The molecule has 15 heavy (non-hydrogen) atoms. The number of benzene rings is 1. The molecule has 0 spiro atoms. The van der Waals surface area contributed by atoms with E-state index >= 15 is 0 Å². The zero-order chi connectivity index (χ0) is 11.1. The standard InChI is InChI=1S/C14H19Cl/c1-10-6-7-12(9-13(10)15)14(3)8-4-5-11(14)2/h6-7,9,11H,4-5,8H2,1-3H3. The van der Waals surface area contributed by atoms with Crippen molar-refractivity contribution >= 4 is 11.6 Å². The van der Waals surface area contributed by atoms with Crippen molar-refractivity contribution in [2.24, 2.45) is 5.92 Å². The zero-order valence-corrected chi connectivity index (χ0v) is 10.6. The quantitative estimate of drug-likeness (QED) is 0.645. The zero-order valence-electron chi connectivity index (χ0n) is 9.81. The van der Waals surface area contributed by atoms with Crippen LogP contribution in [0.5, 0.6) is 0 Å². The lowest BCUT2D eigenvalue weighted by molar-refractivity contribution is 0.371. The average Bonchev–Trinajstić information content (AvgIpc) is 2.53. The molecule has 82 valence electrons. The Morgan fingerprint density at radius 1 is 1.40 bits per heavy atom. The van der Waals surface area contributed by atoms with Crippen LogP contribution < -0.4 is 0 Å². The van der Waals surface area contributed by atoms with Gasteiger partial charge in [-0.25, -0.2) is 0 Å². The van der Waals surface area contributed by atoms with Crippen molar-refractivity contribution in [3.05, 3.63) is 34.3 Å². The van der Waals surface area contributed by atoms with E-state index in [0.29, 0.717) is 5.41 Å². The SMILES string of the molecule is Cc1ccc(C2(C)CCCC2C)cc1Cl. The van der Waals surface area contributed by atoms with E-state index in [0.717, 1.165) is 10.9 Å². The molecular weight excluding hydrogens is 204 g/mol. The maximum atomic E-state index is 6.20. The van der Waals surface area contributed by atoms with Crippen LogP contribution >= 0.6 is 11.6 Å². The molecule has 1 aromatic rings. The van der Waals surface area contributed by atoms with Gasteiger partial charge < -0.3 is 0 Å². The molecule has 0 amide bonds. The molecule has 0 aromatic heterocycles. The Morgan fingerprint density at radius 2 is 2.13 bits per heavy atom. The van der Waals surface area contributed by atoms with E-state index in [4.69, 9.17) is 11.6 Å². The topological polar surface area (TPSA) is 0 Å². The number of aryl methyl sites for hydroxylation is 1. The Labute approximate surface area is 97.6 Å². The highest BCUT2D eigenvalue weighted by Gasteiger charge is 2.37. The summed E-state index contributed by atoms with van der Waals surface area (Å²) in [6, 6.07) is 6.57. The minimum atomic E-state index is 0.345. The summed E-state index contributed by atoms with van der Waals surface area (Å²) < 4.78 is 0. The largest absolute Gasteiger partial charge is 0.0840 e. The second-order valence-electron chi connectivity index (χ2n) is 5.17. The maximum absolute atomic E-state index is 6.20. The third-order valence-electron chi connectivity index (χ3n) is 4.25. The third kappa shape index (κ3) is 1.80. The summed E-state index contributed by atoms with van der Waals surface area (Å²) in [6.07, 6.45) is 4.00. The van der Waals surface area contributed by atoms with Gasteiger partial charge in [-0.05, 0) is 48.3 Å². The molecule has 0 aliphatic heterocycles.